The Morgan fingerprint density at radius 3 is 2.33 bits per heavy atom. The van der Waals surface area contributed by atoms with Crippen LogP contribution in [0.3, 0.4) is 0 Å². The number of hydrogen-bond acceptors (Lipinski definition) is 5. The van der Waals surface area contributed by atoms with Gasteiger partial charge < -0.3 is 9.50 Å². The van der Waals surface area contributed by atoms with E-state index >= 15 is 0 Å². The fraction of sp³-hybridized carbons (Fsp3) is 0.385. The summed E-state index contributed by atoms with van der Waals surface area (Å²) in [6.45, 7) is 2.87. The van der Waals surface area contributed by atoms with Gasteiger partial charge in [-0.2, -0.15) is 8.42 Å². The third-order valence-electron chi connectivity index (χ3n) is 2.98. The molecule has 0 aliphatic carbocycles. The average Bonchev–Trinajstić information content (AvgIpc) is 2.57. The van der Waals surface area contributed by atoms with Crippen molar-refractivity contribution < 1.29 is 22.2 Å². The first-order chi connectivity index (χ1) is 9.71. The molecule has 3 amide bonds. The quantitative estimate of drug-likeness (QED) is 0.639. The van der Waals surface area contributed by atoms with Crippen molar-refractivity contribution in [2.45, 2.75) is 19.4 Å². The molecule has 1 aliphatic rings. The summed E-state index contributed by atoms with van der Waals surface area (Å²) in [6, 6.07) is 7.44. The zero-order valence-electron chi connectivity index (χ0n) is 11.7. The number of urea groups is 1. The van der Waals surface area contributed by atoms with E-state index in [1.165, 1.54) is 12.1 Å². The molecule has 1 aliphatic heterocycles. The van der Waals surface area contributed by atoms with E-state index in [-0.39, 0.29) is 12.3 Å². The summed E-state index contributed by atoms with van der Waals surface area (Å²) in [5.41, 5.74) is -1.01. The lowest BCUT2D eigenvalue weighted by molar-refractivity contribution is -0.130. The van der Waals surface area contributed by atoms with Gasteiger partial charge in [0, 0.05) is 6.54 Å². The highest BCUT2D eigenvalue weighted by Gasteiger charge is 2.44. The summed E-state index contributed by atoms with van der Waals surface area (Å²) < 4.78 is 28.6. The van der Waals surface area contributed by atoms with E-state index in [0.717, 1.165) is 4.90 Å². The first-order valence-electron chi connectivity index (χ1n) is 6.33. The number of carbonyl (C=O) groups is 2. The number of amides is 3. The summed E-state index contributed by atoms with van der Waals surface area (Å²) in [5, 5.41) is 2.48. The number of para-hydroxylation sites is 1. The van der Waals surface area contributed by atoms with Crippen LogP contribution >= 0.6 is 0 Å². The van der Waals surface area contributed by atoms with Gasteiger partial charge in [0.2, 0.25) is 0 Å². The van der Waals surface area contributed by atoms with Crippen molar-refractivity contribution in [1.29, 1.82) is 0 Å². The maximum Gasteiger partial charge on any atom is 0.325 e. The van der Waals surface area contributed by atoms with E-state index in [9.17, 15) is 18.0 Å². The van der Waals surface area contributed by atoms with Gasteiger partial charge in [0.15, 0.2) is 0 Å². The van der Waals surface area contributed by atoms with Gasteiger partial charge in [-0.25, -0.2) is 4.79 Å². The predicted octanol–water partition coefficient (Wildman–Crippen LogP) is 0.726. The van der Waals surface area contributed by atoms with Crippen LogP contribution < -0.4 is 9.50 Å². The molecule has 0 aromatic heterocycles. The van der Waals surface area contributed by atoms with Crippen molar-refractivity contribution in [2.75, 3.05) is 12.3 Å². The van der Waals surface area contributed by atoms with Gasteiger partial charge in [0.1, 0.15) is 17.0 Å². The second-order valence-electron chi connectivity index (χ2n) is 5.17. The molecule has 1 aromatic carbocycles. The monoisotopic (exact) mass is 312 g/mol. The molecule has 7 nitrogen and oxygen atoms in total. The molecule has 0 bridgehead atoms. The lowest BCUT2D eigenvalue weighted by Crippen LogP contribution is -2.41. The van der Waals surface area contributed by atoms with Crippen LogP contribution in [0.1, 0.15) is 13.8 Å². The van der Waals surface area contributed by atoms with Crippen molar-refractivity contribution in [2.24, 2.45) is 0 Å². The minimum atomic E-state index is -3.88. The third-order valence-corrected chi connectivity index (χ3v) is 4.10. The topological polar surface area (TPSA) is 92.8 Å². The molecule has 21 heavy (non-hydrogen) atoms. The van der Waals surface area contributed by atoms with Crippen LogP contribution in [-0.2, 0) is 14.9 Å². The molecule has 2 rings (SSSR count). The van der Waals surface area contributed by atoms with Gasteiger partial charge in [-0.1, -0.05) is 18.2 Å². The SMILES string of the molecule is CC1(C)NC(=O)N(CCS(=O)(=O)Oc2ccccc2)C1=O. The van der Waals surface area contributed by atoms with E-state index in [1.807, 2.05) is 0 Å². The minimum absolute atomic E-state index is 0.190. The fourth-order valence-electron chi connectivity index (χ4n) is 1.89. The smallest absolute Gasteiger partial charge is 0.325 e. The Labute approximate surface area is 123 Å². The van der Waals surface area contributed by atoms with Crippen LogP contribution in [0.5, 0.6) is 5.75 Å². The Kier molecular flexibility index (Phi) is 3.91. The number of benzene rings is 1. The fourth-order valence-corrected chi connectivity index (χ4v) is 2.78. The Hall–Kier alpha value is -2.09. The van der Waals surface area contributed by atoms with Crippen LogP contribution in [0.4, 0.5) is 4.79 Å². The number of nitrogens with one attached hydrogen (secondary N) is 1. The number of imide groups is 1. The Bertz CT molecular complexity index is 654. The first kappa shape index (κ1) is 15.3. The molecule has 114 valence electrons. The average molecular weight is 312 g/mol. The Morgan fingerprint density at radius 2 is 1.81 bits per heavy atom. The number of nitrogens with zero attached hydrogens (tertiary/aromatic N) is 1. The van der Waals surface area contributed by atoms with E-state index in [4.69, 9.17) is 4.18 Å². The van der Waals surface area contributed by atoms with Gasteiger partial charge in [-0.05, 0) is 26.0 Å². The van der Waals surface area contributed by atoms with Crippen LogP contribution in [0.15, 0.2) is 30.3 Å². The first-order valence-corrected chi connectivity index (χ1v) is 7.90. The predicted molar refractivity (Wildman–Crippen MR) is 75.2 cm³/mol. The van der Waals surface area contributed by atoms with Crippen LogP contribution in [-0.4, -0.2) is 43.1 Å². The van der Waals surface area contributed by atoms with E-state index in [2.05, 4.69) is 5.32 Å². The standard InChI is InChI=1S/C13H16N2O5S/c1-13(2)11(16)15(12(17)14-13)8-9-21(18,19)20-10-6-4-3-5-7-10/h3-7H,8-9H2,1-2H3,(H,14,17). The maximum absolute atomic E-state index is 11.9. The lowest BCUT2D eigenvalue weighted by Gasteiger charge is -2.16. The van der Waals surface area contributed by atoms with E-state index in [0.29, 0.717) is 0 Å². The number of hydrogen-bond donors (Lipinski definition) is 1. The molecule has 1 N–H and O–H groups in total. The molecule has 0 radical (unpaired) electrons. The second-order valence-corrected chi connectivity index (χ2v) is 6.86. The van der Waals surface area contributed by atoms with Crippen LogP contribution in [0, 0.1) is 0 Å². The Balaban J connectivity index is 1.99. The molecule has 1 saturated heterocycles. The molecular formula is C13H16N2O5S. The van der Waals surface area contributed by atoms with Crippen molar-refractivity contribution in [3.8, 4) is 5.75 Å². The molecule has 1 heterocycles. The molecule has 8 heteroatoms. The lowest BCUT2D eigenvalue weighted by atomic mass is 10.1. The highest BCUT2D eigenvalue weighted by atomic mass is 32.2. The van der Waals surface area contributed by atoms with Crippen molar-refractivity contribution in [3.05, 3.63) is 30.3 Å². The highest BCUT2D eigenvalue weighted by molar-refractivity contribution is 7.87. The molecule has 0 saturated carbocycles. The van der Waals surface area contributed by atoms with Crippen molar-refractivity contribution in [1.82, 2.24) is 10.2 Å². The van der Waals surface area contributed by atoms with Crippen molar-refractivity contribution >= 4 is 22.1 Å². The van der Waals surface area contributed by atoms with Crippen LogP contribution in [0.2, 0.25) is 0 Å². The van der Waals surface area contributed by atoms with Crippen LogP contribution in [0.25, 0.3) is 0 Å². The van der Waals surface area contributed by atoms with Gasteiger partial charge in [-0.3, -0.25) is 9.69 Å². The Morgan fingerprint density at radius 1 is 1.19 bits per heavy atom. The minimum Gasteiger partial charge on any atom is -0.382 e. The molecule has 0 spiro atoms. The molecule has 1 fully saturated rings. The van der Waals surface area contributed by atoms with Gasteiger partial charge in [0.05, 0.1) is 0 Å². The number of carbonyl (C=O) groups excluding carboxylic acids is 2. The summed E-state index contributed by atoms with van der Waals surface area (Å²) in [4.78, 5) is 24.4. The third kappa shape index (κ3) is 3.52. The summed E-state index contributed by atoms with van der Waals surface area (Å²) in [7, 11) is -3.88. The van der Waals surface area contributed by atoms with Gasteiger partial charge >= 0.3 is 16.1 Å². The largest absolute Gasteiger partial charge is 0.382 e. The highest BCUT2D eigenvalue weighted by Crippen LogP contribution is 2.17. The van der Waals surface area contributed by atoms with Gasteiger partial charge in [-0.15, -0.1) is 0 Å². The van der Waals surface area contributed by atoms with Gasteiger partial charge in [0.25, 0.3) is 5.91 Å². The molecule has 0 atom stereocenters. The van der Waals surface area contributed by atoms with E-state index < -0.39 is 33.3 Å². The number of rotatable bonds is 5. The normalized spacial score (nSPS) is 17.7. The van der Waals surface area contributed by atoms with E-state index in [1.54, 1.807) is 32.0 Å². The summed E-state index contributed by atoms with van der Waals surface area (Å²) in [5.74, 6) is -0.727. The molecule has 0 unspecified atom stereocenters. The zero-order valence-corrected chi connectivity index (χ0v) is 12.5. The zero-order chi connectivity index (χ0) is 15.7. The molecular weight excluding hydrogens is 296 g/mol. The second kappa shape index (κ2) is 5.36. The summed E-state index contributed by atoms with van der Waals surface area (Å²) >= 11 is 0. The maximum atomic E-state index is 11.9. The molecule has 1 aromatic rings. The summed E-state index contributed by atoms with van der Waals surface area (Å²) in [6.07, 6.45) is 0. The van der Waals surface area contributed by atoms with Crippen molar-refractivity contribution in [3.63, 3.8) is 0 Å².